The first-order valence-electron chi connectivity index (χ1n) is 9.10. The monoisotopic (exact) mass is 519 g/mol. The van der Waals surface area contributed by atoms with Gasteiger partial charge in [0, 0.05) is 13.1 Å². The van der Waals surface area contributed by atoms with E-state index >= 15 is 0 Å². The Morgan fingerprint density at radius 2 is 1.79 bits per heavy atom. The van der Waals surface area contributed by atoms with Gasteiger partial charge in [0.1, 0.15) is 12.3 Å². The Kier molecular flexibility index (Phi) is 9.49. The molecule has 0 radical (unpaired) electrons. The fourth-order valence-corrected chi connectivity index (χ4v) is 3.64. The van der Waals surface area contributed by atoms with Gasteiger partial charge < -0.3 is 15.1 Å². The second-order valence-electron chi connectivity index (χ2n) is 7.29. The van der Waals surface area contributed by atoms with Gasteiger partial charge in [-0.15, -0.1) is 24.0 Å². The van der Waals surface area contributed by atoms with Gasteiger partial charge in [0.2, 0.25) is 0 Å². The lowest BCUT2D eigenvalue weighted by atomic mass is 9.87. The normalized spacial score (nSPS) is 12.4. The average molecular weight is 519 g/mol. The van der Waals surface area contributed by atoms with Crippen LogP contribution in [0.1, 0.15) is 39.0 Å². The van der Waals surface area contributed by atoms with Gasteiger partial charge in [0.25, 0.3) is 0 Å². The molecule has 0 aliphatic rings. The van der Waals surface area contributed by atoms with Gasteiger partial charge in [-0.1, -0.05) is 32.9 Å². The molecule has 28 heavy (non-hydrogen) atoms. The SMILES string of the molecule is CCNC(=NCc1ccco1)NCCS(=O)(=O)c1ccc(C(C)(C)C)cc1.I. The lowest BCUT2D eigenvalue weighted by Gasteiger charge is -2.19. The van der Waals surface area contributed by atoms with Crippen molar-refractivity contribution in [3.05, 3.63) is 54.0 Å². The van der Waals surface area contributed by atoms with E-state index in [9.17, 15) is 8.42 Å². The van der Waals surface area contributed by atoms with E-state index in [1.54, 1.807) is 18.4 Å². The van der Waals surface area contributed by atoms with Crippen molar-refractivity contribution in [3.8, 4) is 0 Å². The molecule has 2 aromatic rings. The highest BCUT2D eigenvalue weighted by atomic mass is 127. The van der Waals surface area contributed by atoms with E-state index in [2.05, 4.69) is 36.4 Å². The third kappa shape index (κ3) is 7.46. The van der Waals surface area contributed by atoms with E-state index in [4.69, 9.17) is 4.42 Å². The highest BCUT2D eigenvalue weighted by Gasteiger charge is 2.17. The number of nitrogens with zero attached hydrogens (tertiary/aromatic N) is 1. The molecule has 0 bridgehead atoms. The van der Waals surface area contributed by atoms with E-state index in [1.807, 2.05) is 31.2 Å². The fraction of sp³-hybridized carbons (Fsp3) is 0.450. The van der Waals surface area contributed by atoms with Crippen LogP contribution >= 0.6 is 24.0 Å². The molecule has 0 atom stereocenters. The van der Waals surface area contributed by atoms with Crippen LogP contribution in [0.2, 0.25) is 0 Å². The Hall–Kier alpha value is -1.55. The Labute approximate surface area is 185 Å². The molecule has 0 aliphatic carbocycles. The van der Waals surface area contributed by atoms with E-state index in [0.29, 0.717) is 23.9 Å². The quantitative estimate of drug-likeness (QED) is 0.331. The van der Waals surface area contributed by atoms with E-state index in [1.165, 1.54) is 0 Å². The van der Waals surface area contributed by atoms with Gasteiger partial charge in [0.05, 0.1) is 16.9 Å². The molecular formula is C20H30IN3O3S. The molecule has 2 rings (SSSR count). The molecule has 0 amide bonds. The van der Waals surface area contributed by atoms with Crippen LogP contribution < -0.4 is 10.6 Å². The lowest BCUT2D eigenvalue weighted by molar-refractivity contribution is 0.512. The van der Waals surface area contributed by atoms with Gasteiger partial charge in [-0.25, -0.2) is 13.4 Å². The molecule has 156 valence electrons. The minimum absolute atomic E-state index is 0. The van der Waals surface area contributed by atoms with Crippen molar-refractivity contribution in [2.24, 2.45) is 4.99 Å². The topological polar surface area (TPSA) is 83.7 Å². The minimum Gasteiger partial charge on any atom is -0.467 e. The van der Waals surface area contributed by atoms with Crippen molar-refractivity contribution in [1.82, 2.24) is 10.6 Å². The zero-order valence-corrected chi connectivity index (χ0v) is 20.0. The minimum atomic E-state index is -3.36. The van der Waals surface area contributed by atoms with Gasteiger partial charge >= 0.3 is 0 Å². The number of sulfone groups is 1. The zero-order valence-electron chi connectivity index (χ0n) is 16.9. The maximum absolute atomic E-state index is 12.6. The van der Waals surface area contributed by atoms with Crippen LogP contribution in [0.25, 0.3) is 0 Å². The number of rotatable bonds is 7. The van der Waals surface area contributed by atoms with Crippen molar-refractivity contribution in [2.45, 2.75) is 44.6 Å². The summed E-state index contributed by atoms with van der Waals surface area (Å²) in [6, 6.07) is 10.8. The molecule has 6 nitrogen and oxygen atoms in total. The summed E-state index contributed by atoms with van der Waals surface area (Å²) in [5, 5.41) is 6.16. The molecule has 0 spiro atoms. The Morgan fingerprint density at radius 3 is 2.32 bits per heavy atom. The largest absolute Gasteiger partial charge is 0.467 e. The van der Waals surface area contributed by atoms with E-state index in [-0.39, 0.29) is 41.7 Å². The first-order chi connectivity index (χ1) is 12.7. The second kappa shape index (κ2) is 10.8. The smallest absolute Gasteiger partial charge is 0.191 e. The molecule has 0 saturated heterocycles. The molecule has 0 aliphatic heterocycles. The molecular weight excluding hydrogens is 489 g/mol. The zero-order chi connectivity index (χ0) is 19.9. The molecule has 8 heteroatoms. The third-order valence-corrected chi connectivity index (χ3v) is 5.79. The number of furan rings is 1. The van der Waals surface area contributed by atoms with Crippen molar-refractivity contribution >= 4 is 39.8 Å². The summed E-state index contributed by atoms with van der Waals surface area (Å²) in [5.41, 5.74) is 1.11. The fourth-order valence-electron chi connectivity index (χ4n) is 2.49. The van der Waals surface area contributed by atoms with Crippen LogP contribution in [0.5, 0.6) is 0 Å². The van der Waals surface area contributed by atoms with Crippen LogP contribution in [0.3, 0.4) is 0 Å². The van der Waals surface area contributed by atoms with Crippen LogP contribution in [0.15, 0.2) is 57.0 Å². The van der Waals surface area contributed by atoms with Crippen molar-refractivity contribution in [2.75, 3.05) is 18.8 Å². The number of aliphatic imine (C=N–C) groups is 1. The first-order valence-corrected chi connectivity index (χ1v) is 10.8. The molecule has 0 fully saturated rings. The summed E-state index contributed by atoms with van der Waals surface area (Å²) in [6.07, 6.45) is 1.60. The summed E-state index contributed by atoms with van der Waals surface area (Å²) in [4.78, 5) is 4.74. The van der Waals surface area contributed by atoms with Crippen LogP contribution in [0.4, 0.5) is 0 Å². The Morgan fingerprint density at radius 1 is 1.11 bits per heavy atom. The van der Waals surface area contributed by atoms with Crippen LogP contribution in [-0.2, 0) is 21.8 Å². The second-order valence-corrected chi connectivity index (χ2v) is 9.40. The highest BCUT2D eigenvalue weighted by Crippen LogP contribution is 2.23. The summed E-state index contributed by atoms with van der Waals surface area (Å²) in [6.45, 7) is 9.61. The predicted molar refractivity (Wildman–Crippen MR) is 124 cm³/mol. The van der Waals surface area contributed by atoms with Gasteiger partial charge in [-0.3, -0.25) is 0 Å². The molecule has 1 aromatic carbocycles. The number of hydrogen-bond donors (Lipinski definition) is 2. The van der Waals surface area contributed by atoms with Gasteiger partial charge in [-0.2, -0.15) is 0 Å². The van der Waals surface area contributed by atoms with Crippen LogP contribution in [0, 0.1) is 0 Å². The number of halogens is 1. The maximum atomic E-state index is 12.6. The summed E-state index contributed by atoms with van der Waals surface area (Å²) in [5.74, 6) is 1.30. The highest BCUT2D eigenvalue weighted by molar-refractivity contribution is 14.0. The van der Waals surface area contributed by atoms with E-state index < -0.39 is 9.84 Å². The third-order valence-electron chi connectivity index (χ3n) is 4.06. The standard InChI is InChI=1S/C20H29N3O3S.HI/c1-5-21-19(23-15-17-7-6-13-26-17)22-12-14-27(24,25)18-10-8-16(9-11-18)20(2,3)4;/h6-11,13H,5,12,14-15H2,1-4H3,(H2,21,22,23);1H. The number of hydrogen-bond acceptors (Lipinski definition) is 4. The average Bonchev–Trinajstić information content (AvgIpc) is 3.12. The molecule has 0 saturated carbocycles. The molecule has 0 unspecified atom stereocenters. The number of benzene rings is 1. The van der Waals surface area contributed by atoms with Crippen molar-refractivity contribution < 1.29 is 12.8 Å². The van der Waals surface area contributed by atoms with E-state index in [0.717, 1.165) is 11.3 Å². The van der Waals surface area contributed by atoms with Crippen molar-refractivity contribution in [3.63, 3.8) is 0 Å². The maximum Gasteiger partial charge on any atom is 0.191 e. The first kappa shape index (κ1) is 24.5. The molecule has 1 aromatic heterocycles. The number of guanidine groups is 1. The van der Waals surface area contributed by atoms with Gasteiger partial charge in [-0.05, 0) is 42.2 Å². The molecule has 2 N–H and O–H groups in total. The van der Waals surface area contributed by atoms with Gasteiger partial charge in [0.15, 0.2) is 15.8 Å². The summed E-state index contributed by atoms with van der Waals surface area (Å²) in [7, 11) is -3.36. The van der Waals surface area contributed by atoms with Crippen molar-refractivity contribution in [1.29, 1.82) is 0 Å². The Balaban J connectivity index is 0.00000392. The van der Waals surface area contributed by atoms with Crippen LogP contribution in [-0.4, -0.2) is 33.2 Å². The summed E-state index contributed by atoms with van der Waals surface area (Å²) >= 11 is 0. The lowest BCUT2D eigenvalue weighted by Crippen LogP contribution is -2.39. The molecule has 1 heterocycles. The predicted octanol–water partition coefficient (Wildman–Crippen LogP) is 3.72. The Bertz CT molecular complexity index is 840. The number of nitrogens with one attached hydrogen (secondary N) is 2. The summed E-state index contributed by atoms with van der Waals surface area (Å²) < 4.78 is 30.4.